The van der Waals surface area contributed by atoms with Gasteiger partial charge in [-0.25, -0.2) is 0 Å². The lowest BCUT2D eigenvalue weighted by molar-refractivity contribution is -0.135. The molecule has 1 aliphatic rings. The molecule has 0 unspecified atom stereocenters. The Morgan fingerprint density at radius 1 is 1.29 bits per heavy atom. The SMILES string of the molecule is N#CC(C#N)=C1/C(=C/I)C(=O)c2sc(C(F)(F)F)c(I)c21. The molecule has 2 rings (SSSR count). The van der Waals surface area contributed by atoms with Gasteiger partial charge in [0.1, 0.15) is 22.6 Å². The van der Waals surface area contributed by atoms with Crippen molar-refractivity contribution in [1.82, 2.24) is 0 Å². The lowest BCUT2D eigenvalue weighted by atomic mass is 10.0. The Kier molecular flexibility index (Phi) is 4.46. The number of carbonyl (C=O) groups excluding carboxylic acids is 1. The van der Waals surface area contributed by atoms with Crippen LogP contribution in [0.2, 0.25) is 0 Å². The number of hydrogen-bond donors (Lipinski definition) is 0. The van der Waals surface area contributed by atoms with Crippen molar-refractivity contribution < 1.29 is 18.0 Å². The molecule has 1 heterocycles. The van der Waals surface area contributed by atoms with Crippen LogP contribution in [-0.2, 0) is 6.18 Å². The van der Waals surface area contributed by atoms with Crippen LogP contribution in [0.4, 0.5) is 13.2 Å². The van der Waals surface area contributed by atoms with E-state index in [-0.39, 0.29) is 30.7 Å². The Hall–Kier alpha value is -0.920. The van der Waals surface area contributed by atoms with E-state index in [1.165, 1.54) is 26.7 Å². The Balaban J connectivity index is 2.90. The minimum Gasteiger partial charge on any atom is -0.288 e. The fourth-order valence-corrected chi connectivity index (χ4v) is 4.82. The van der Waals surface area contributed by atoms with Crippen molar-refractivity contribution in [2.24, 2.45) is 0 Å². The number of allylic oxidation sites excluding steroid dienone is 3. The molecule has 1 aliphatic carbocycles. The molecule has 1 aromatic rings. The maximum atomic E-state index is 12.9. The molecule has 0 bridgehead atoms. The molecule has 0 aliphatic heterocycles. The van der Waals surface area contributed by atoms with Crippen LogP contribution in [0.5, 0.6) is 0 Å². The first kappa shape index (κ1) is 16.5. The zero-order chi connectivity index (χ0) is 15.9. The van der Waals surface area contributed by atoms with Crippen LogP contribution < -0.4 is 0 Å². The zero-order valence-electron chi connectivity index (χ0n) is 9.68. The molecule has 0 N–H and O–H groups in total. The van der Waals surface area contributed by atoms with E-state index in [1.807, 2.05) is 0 Å². The molecule has 1 aromatic heterocycles. The highest BCUT2D eigenvalue weighted by molar-refractivity contribution is 14.1. The number of Topliss-reactive ketones (excluding diaryl/α,β-unsaturated/α-hetero) is 1. The Morgan fingerprint density at radius 2 is 1.86 bits per heavy atom. The summed E-state index contributed by atoms with van der Waals surface area (Å²) >= 11 is 3.61. The minimum atomic E-state index is -4.58. The van der Waals surface area contributed by atoms with Gasteiger partial charge in [-0.2, -0.15) is 23.7 Å². The van der Waals surface area contributed by atoms with Gasteiger partial charge < -0.3 is 0 Å². The van der Waals surface area contributed by atoms with Crippen molar-refractivity contribution in [2.45, 2.75) is 6.18 Å². The van der Waals surface area contributed by atoms with Gasteiger partial charge in [-0.15, -0.1) is 11.3 Å². The summed E-state index contributed by atoms with van der Waals surface area (Å²) in [5.41, 5.74) is -0.250. The summed E-state index contributed by atoms with van der Waals surface area (Å²) in [4.78, 5) is 11.2. The predicted molar refractivity (Wildman–Crippen MR) is 86.6 cm³/mol. The first-order valence-electron chi connectivity index (χ1n) is 5.07. The van der Waals surface area contributed by atoms with Gasteiger partial charge in [-0.3, -0.25) is 4.79 Å². The highest BCUT2D eigenvalue weighted by Crippen LogP contribution is 2.50. The summed E-state index contributed by atoms with van der Waals surface area (Å²) in [7, 11) is 0. The molecule has 9 heteroatoms. The van der Waals surface area contributed by atoms with Gasteiger partial charge in [0, 0.05) is 20.3 Å². The number of ketones is 1. The van der Waals surface area contributed by atoms with Gasteiger partial charge in [0.15, 0.2) is 0 Å². The molecule has 0 saturated heterocycles. The smallest absolute Gasteiger partial charge is 0.288 e. The van der Waals surface area contributed by atoms with E-state index in [0.29, 0.717) is 11.3 Å². The number of rotatable bonds is 0. The molecule has 0 spiro atoms. The summed E-state index contributed by atoms with van der Waals surface area (Å²) < 4.78 is 40.0. The third kappa shape index (κ3) is 2.51. The average Bonchev–Trinajstić information content (AvgIpc) is 2.88. The summed E-state index contributed by atoms with van der Waals surface area (Å²) in [6, 6.07) is 3.27. The predicted octanol–water partition coefficient (Wildman–Crippen LogP) is 4.69. The van der Waals surface area contributed by atoms with E-state index in [1.54, 1.807) is 34.7 Å². The van der Waals surface area contributed by atoms with Crippen LogP contribution in [0, 0.1) is 26.2 Å². The molecular formula is C12HF3I2N2OS. The number of nitriles is 2. The average molecular weight is 532 g/mol. The second-order valence-electron chi connectivity index (χ2n) is 3.77. The summed E-state index contributed by atoms with van der Waals surface area (Å²) in [5.74, 6) is -0.587. The maximum absolute atomic E-state index is 12.9. The number of alkyl halides is 3. The number of fused-ring (bicyclic) bond motifs is 1. The Labute approximate surface area is 148 Å². The highest BCUT2D eigenvalue weighted by Gasteiger charge is 2.44. The van der Waals surface area contributed by atoms with Gasteiger partial charge >= 0.3 is 6.18 Å². The van der Waals surface area contributed by atoms with Gasteiger partial charge in [-0.1, -0.05) is 22.6 Å². The summed E-state index contributed by atoms with van der Waals surface area (Å²) in [6.07, 6.45) is -4.58. The van der Waals surface area contributed by atoms with Gasteiger partial charge in [0.05, 0.1) is 4.88 Å². The molecule has 106 valence electrons. The van der Waals surface area contributed by atoms with Crippen molar-refractivity contribution in [1.29, 1.82) is 10.5 Å². The molecule has 0 fully saturated rings. The van der Waals surface area contributed by atoms with Crippen molar-refractivity contribution in [3.8, 4) is 12.1 Å². The van der Waals surface area contributed by atoms with Crippen LogP contribution in [0.15, 0.2) is 15.2 Å². The fraction of sp³-hybridized carbons (Fsp3) is 0.0833. The largest absolute Gasteiger partial charge is 0.426 e. The van der Waals surface area contributed by atoms with E-state index in [4.69, 9.17) is 10.5 Å². The second kappa shape index (κ2) is 5.70. The summed E-state index contributed by atoms with van der Waals surface area (Å²) in [5, 5.41) is 18.0. The van der Waals surface area contributed by atoms with E-state index >= 15 is 0 Å². The molecule has 0 amide bonds. The highest BCUT2D eigenvalue weighted by atomic mass is 127. The van der Waals surface area contributed by atoms with Crippen LogP contribution in [-0.4, -0.2) is 5.78 Å². The first-order chi connectivity index (χ1) is 9.77. The maximum Gasteiger partial charge on any atom is 0.426 e. The monoisotopic (exact) mass is 532 g/mol. The van der Waals surface area contributed by atoms with Crippen molar-refractivity contribution in [3.63, 3.8) is 0 Å². The number of halogens is 5. The molecule has 0 radical (unpaired) electrons. The quantitative estimate of drug-likeness (QED) is 0.277. The zero-order valence-corrected chi connectivity index (χ0v) is 14.8. The number of carbonyl (C=O) groups is 1. The standard InChI is InChI=1S/C12HF3I2N2OS/c13-12(14,15)11-8(17)7-6(4(2-18)3-19)5(1-16)9(20)10(7)21-11/h1H/b5-1-. The van der Waals surface area contributed by atoms with E-state index in [2.05, 4.69) is 0 Å². The topological polar surface area (TPSA) is 64.7 Å². The van der Waals surface area contributed by atoms with Crippen LogP contribution in [0.3, 0.4) is 0 Å². The lowest BCUT2D eigenvalue weighted by Crippen LogP contribution is -2.05. The van der Waals surface area contributed by atoms with Crippen LogP contribution >= 0.6 is 56.5 Å². The second-order valence-corrected chi connectivity index (χ2v) is 6.49. The number of nitrogens with zero attached hydrogens (tertiary/aromatic N) is 2. The van der Waals surface area contributed by atoms with E-state index in [0.717, 1.165) is 0 Å². The van der Waals surface area contributed by atoms with Crippen molar-refractivity contribution in [3.05, 3.63) is 34.1 Å². The molecule has 3 nitrogen and oxygen atoms in total. The van der Waals surface area contributed by atoms with Crippen LogP contribution in [0.1, 0.15) is 20.1 Å². The minimum absolute atomic E-state index is 0.00875. The molecular weight excluding hydrogens is 531 g/mol. The van der Waals surface area contributed by atoms with Crippen molar-refractivity contribution >= 4 is 67.9 Å². The molecule has 0 atom stereocenters. The van der Waals surface area contributed by atoms with Gasteiger partial charge in [0.25, 0.3) is 0 Å². The third-order valence-electron chi connectivity index (χ3n) is 2.66. The van der Waals surface area contributed by atoms with E-state index < -0.39 is 16.8 Å². The molecule has 0 aromatic carbocycles. The first-order valence-corrected chi connectivity index (χ1v) is 8.21. The normalized spacial score (nSPS) is 15.9. The third-order valence-corrected chi connectivity index (χ3v) is 5.96. The van der Waals surface area contributed by atoms with E-state index in [9.17, 15) is 18.0 Å². The fourth-order valence-electron chi connectivity index (χ4n) is 1.85. The summed E-state index contributed by atoms with van der Waals surface area (Å²) in [6.45, 7) is 0. The van der Waals surface area contributed by atoms with Gasteiger partial charge in [-0.05, 0) is 26.7 Å². The Bertz CT molecular complexity index is 790. The van der Waals surface area contributed by atoms with Crippen molar-refractivity contribution in [2.75, 3.05) is 0 Å². The number of thiophene rings is 1. The number of hydrogen-bond acceptors (Lipinski definition) is 4. The lowest BCUT2D eigenvalue weighted by Gasteiger charge is -2.06. The van der Waals surface area contributed by atoms with Crippen LogP contribution in [0.25, 0.3) is 5.57 Å². The molecule has 21 heavy (non-hydrogen) atoms. The van der Waals surface area contributed by atoms with Gasteiger partial charge in [0.2, 0.25) is 5.78 Å². The molecule has 0 saturated carbocycles. The Morgan fingerprint density at radius 3 is 2.29 bits per heavy atom.